The normalized spacial score (nSPS) is 17.9. The van der Waals surface area contributed by atoms with E-state index in [0.29, 0.717) is 18.7 Å². The molecule has 0 unspecified atom stereocenters. The van der Waals surface area contributed by atoms with E-state index < -0.39 is 0 Å². The molecule has 0 atom stereocenters. The van der Waals surface area contributed by atoms with Crippen LogP contribution in [0.4, 0.5) is 4.39 Å². The van der Waals surface area contributed by atoms with E-state index in [1.54, 1.807) is 36.7 Å². The average molecular weight is 391 g/mol. The van der Waals surface area contributed by atoms with Crippen LogP contribution in [0.15, 0.2) is 55.0 Å². The summed E-state index contributed by atoms with van der Waals surface area (Å²) < 4.78 is 15.5. The number of aromatic nitrogens is 3. The molecule has 3 aromatic rings. The molecule has 1 fully saturated rings. The number of amides is 1. The number of hydrogen-bond donors (Lipinski definition) is 1. The summed E-state index contributed by atoms with van der Waals surface area (Å²) in [6.07, 6.45) is 6.80. The highest BCUT2D eigenvalue weighted by Crippen LogP contribution is 2.37. The summed E-state index contributed by atoms with van der Waals surface area (Å²) >= 11 is 0. The largest absolute Gasteiger partial charge is 0.338 e. The van der Waals surface area contributed by atoms with Crippen molar-refractivity contribution in [2.75, 3.05) is 19.6 Å². The highest BCUT2D eigenvalue weighted by molar-refractivity contribution is 5.94. The van der Waals surface area contributed by atoms with Crippen LogP contribution in [-0.2, 0) is 12.1 Å². The molecule has 0 radical (unpaired) electrons. The monoisotopic (exact) mass is 391 g/mol. The zero-order chi connectivity index (χ0) is 19.8. The topological polar surface area (TPSA) is 63.1 Å². The van der Waals surface area contributed by atoms with Gasteiger partial charge in [-0.05, 0) is 54.8 Å². The number of rotatable bonds is 2. The van der Waals surface area contributed by atoms with Crippen molar-refractivity contribution < 1.29 is 9.18 Å². The summed E-state index contributed by atoms with van der Waals surface area (Å²) in [5.41, 5.74) is 2.42. The Balaban J connectivity index is 1.39. The van der Waals surface area contributed by atoms with Crippen LogP contribution in [0.25, 0.3) is 11.3 Å². The average Bonchev–Trinajstić information content (AvgIpc) is 3.21. The number of fused-ring (bicyclic) bond motifs is 2. The summed E-state index contributed by atoms with van der Waals surface area (Å²) in [6.45, 7) is 3.01. The minimum atomic E-state index is -0.239. The SMILES string of the molecule is O=C(c1ccncc1)N1CCC2(CC1)NCCn1c(-c3ccc(F)cc3)cnc12. The molecule has 2 aliphatic heterocycles. The first kappa shape index (κ1) is 18.0. The lowest BCUT2D eigenvalue weighted by Gasteiger charge is -2.44. The van der Waals surface area contributed by atoms with E-state index in [1.807, 2.05) is 11.1 Å². The maximum Gasteiger partial charge on any atom is 0.253 e. The number of carbonyl (C=O) groups is 1. The number of benzene rings is 1. The number of pyridine rings is 1. The molecule has 1 aromatic carbocycles. The van der Waals surface area contributed by atoms with Gasteiger partial charge < -0.3 is 14.8 Å². The van der Waals surface area contributed by atoms with Crippen LogP contribution in [0, 0.1) is 5.82 Å². The third-order valence-corrected chi connectivity index (χ3v) is 6.05. The molecule has 2 aliphatic rings. The third kappa shape index (κ3) is 3.11. The van der Waals surface area contributed by atoms with E-state index in [2.05, 4.69) is 14.9 Å². The van der Waals surface area contributed by atoms with Crippen molar-refractivity contribution in [3.8, 4) is 11.3 Å². The number of halogens is 1. The fourth-order valence-electron chi connectivity index (χ4n) is 4.49. The van der Waals surface area contributed by atoms with Gasteiger partial charge in [0.25, 0.3) is 5.91 Å². The summed E-state index contributed by atoms with van der Waals surface area (Å²) in [5.74, 6) is 0.823. The van der Waals surface area contributed by atoms with Crippen molar-refractivity contribution in [1.29, 1.82) is 0 Å². The van der Waals surface area contributed by atoms with Crippen LogP contribution in [-0.4, -0.2) is 45.0 Å². The minimum absolute atomic E-state index is 0.0494. The zero-order valence-electron chi connectivity index (χ0n) is 16.0. The van der Waals surface area contributed by atoms with Crippen LogP contribution >= 0.6 is 0 Å². The molecule has 148 valence electrons. The first-order valence-electron chi connectivity index (χ1n) is 9.93. The number of nitrogens with one attached hydrogen (secondary N) is 1. The molecule has 1 spiro atoms. The van der Waals surface area contributed by atoms with Gasteiger partial charge in [-0.25, -0.2) is 9.37 Å². The lowest BCUT2D eigenvalue weighted by Crippen LogP contribution is -2.56. The van der Waals surface area contributed by atoms with Crippen molar-refractivity contribution in [3.05, 3.63) is 72.2 Å². The number of nitrogens with zero attached hydrogens (tertiary/aromatic N) is 4. The molecule has 0 saturated carbocycles. The van der Waals surface area contributed by atoms with Gasteiger partial charge in [0.2, 0.25) is 0 Å². The molecule has 1 N–H and O–H groups in total. The maximum absolute atomic E-state index is 13.3. The number of likely N-dealkylation sites (tertiary alicyclic amines) is 1. The van der Waals surface area contributed by atoms with Gasteiger partial charge in [-0.1, -0.05) is 0 Å². The van der Waals surface area contributed by atoms with Gasteiger partial charge in [0.05, 0.1) is 17.4 Å². The fraction of sp³-hybridized carbons (Fsp3) is 0.318. The molecule has 1 amide bonds. The van der Waals surface area contributed by atoms with Crippen molar-refractivity contribution in [2.24, 2.45) is 0 Å². The number of hydrogen-bond acceptors (Lipinski definition) is 4. The summed E-state index contributed by atoms with van der Waals surface area (Å²) in [4.78, 5) is 23.4. The first-order valence-corrected chi connectivity index (χ1v) is 9.93. The van der Waals surface area contributed by atoms with E-state index in [1.165, 1.54) is 12.1 Å². The second kappa shape index (κ2) is 7.08. The molecule has 5 rings (SSSR count). The Morgan fingerprint density at radius 3 is 2.48 bits per heavy atom. The van der Waals surface area contributed by atoms with Gasteiger partial charge in [-0.2, -0.15) is 0 Å². The lowest BCUT2D eigenvalue weighted by atomic mass is 9.85. The van der Waals surface area contributed by atoms with E-state index in [9.17, 15) is 9.18 Å². The zero-order valence-corrected chi connectivity index (χ0v) is 16.0. The Morgan fingerprint density at radius 1 is 1.03 bits per heavy atom. The second-order valence-electron chi connectivity index (χ2n) is 7.66. The van der Waals surface area contributed by atoms with E-state index in [-0.39, 0.29) is 17.3 Å². The number of imidazole rings is 1. The Labute approximate surface area is 168 Å². The van der Waals surface area contributed by atoms with Crippen LogP contribution in [0.5, 0.6) is 0 Å². The minimum Gasteiger partial charge on any atom is -0.338 e. The molecule has 0 bridgehead atoms. The Hall–Kier alpha value is -3.06. The Bertz CT molecular complexity index is 1020. The Morgan fingerprint density at radius 2 is 1.76 bits per heavy atom. The third-order valence-electron chi connectivity index (χ3n) is 6.05. The van der Waals surface area contributed by atoms with Crippen LogP contribution < -0.4 is 5.32 Å². The smallest absolute Gasteiger partial charge is 0.253 e. The van der Waals surface area contributed by atoms with E-state index >= 15 is 0 Å². The highest BCUT2D eigenvalue weighted by Gasteiger charge is 2.42. The predicted molar refractivity (Wildman–Crippen MR) is 107 cm³/mol. The van der Waals surface area contributed by atoms with Crippen LogP contribution in [0.1, 0.15) is 29.0 Å². The number of piperidine rings is 1. The molecule has 6 nitrogen and oxygen atoms in total. The lowest BCUT2D eigenvalue weighted by molar-refractivity contribution is 0.0607. The maximum atomic E-state index is 13.3. The standard InChI is InChI=1S/C22H22FN5O/c23-18-3-1-16(2-4-18)19-15-25-21-22(26-11-14-28(19)21)7-12-27(13-8-22)20(29)17-5-9-24-10-6-17/h1-6,9-10,15,26H,7-8,11-14H2. The van der Waals surface area contributed by atoms with Gasteiger partial charge in [-0.15, -0.1) is 0 Å². The molecule has 0 aliphatic carbocycles. The fourth-order valence-corrected chi connectivity index (χ4v) is 4.49. The van der Waals surface area contributed by atoms with Crippen molar-refractivity contribution >= 4 is 5.91 Å². The van der Waals surface area contributed by atoms with Crippen molar-refractivity contribution in [3.63, 3.8) is 0 Å². The van der Waals surface area contributed by atoms with E-state index in [0.717, 1.165) is 43.0 Å². The summed E-state index contributed by atoms with van der Waals surface area (Å²) in [6, 6.07) is 10.1. The van der Waals surface area contributed by atoms with Gasteiger partial charge in [0.1, 0.15) is 11.6 Å². The molecule has 29 heavy (non-hydrogen) atoms. The highest BCUT2D eigenvalue weighted by atomic mass is 19.1. The predicted octanol–water partition coefficient (Wildman–Crippen LogP) is 2.82. The second-order valence-corrected chi connectivity index (χ2v) is 7.66. The van der Waals surface area contributed by atoms with Gasteiger partial charge in [-0.3, -0.25) is 9.78 Å². The quantitative estimate of drug-likeness (QED) is 0.730. The van der Waals surface area contributed by atoms with Gasteiger partial charge in [0.15, 0.2) is 0 Å². The molecular weight excluding hydrogens is 369 g/mol. The van der Waals surface area contributed by atoms with Crippen molar-refractivity contribution in [2.45, 2.75) is 24.9 Å². The number of carbonyl (C=O) groups excluding carboxylic acids is 1. The van der Waals surface area contributed by atoms with E-state index in [4.69, 9.17) is 4.98 Å². The molecule has 4 heterocycles. The van der Waals surface area contributed by atoms with Crippen LogP contribution in [0.3, 0.4) is 0 Å². The molecule has 1 saturated heterocycles. The Kier molecular flexibility index (Phi) is 4.39. The summed E-state index contributed by atoms with van der Waals surface area (Å²) in [5, 5.41) is 3.67. The summed E-state index contributed by atoms with van der Waals surface area (Å²) in [7, 11) is 0. The first-order chi connectivity index (χ1) is 14.2. The van der Waals surface area contributed by atoms with Gasteiger partial charge >= 0.3 is 0 Å². The van der Waals surface area contributed by atoms with Gasteiger partial charge in [0, 0.05) is 44.1 Å². The molecule has 7 heteroatoms. The molecular formula is C22H22FN5O. The van der Waals surface area contributed by atoms with Crippen LogP contribution in [0.2, 0.25) is 0 Å². The van der Waals surface area contributed by atoms with Crippen molar-refractivity contribution in [1.82, 2.24) is 24.8 Å². The molecule has 2 aromatic heterocycles.